The molecule has 1 N–H and O–H groups in total. The second-order valence-corrected chi connectivity index (χ2v) is 3.83. The molecule has 0 fully saturated rings. The monoisotopic (exact) mass is 264 g/mol. The zero-order valence-electron chi connectivity index (χ0n) is 8.51. The van der Waals surface area contributed by atoms with Crippen LogP contribution in [0.25, 0.3) is 11.0 Å². The van der Waals surface area contributed by atoms with Crippen LogP contribution in [0.1, 0.15) is 5.82 Å². The van der Waals surface area contributed by atoms with Gasteiger partial charge in [-0.05, 0) is 12.1 Å². The largest absolute Gasteiger partial charge is 0.411 e. The first-order chi connectivity index (χ1) is 7.96. The van der Waals surface area contributed by atoms with Crippen molar-refractivity contribution in [2.24, 2.45) is 0 Å². The number of nitrogens with one attached hydrogen (secondary N) is 1. The Balaban J connectivity index is 2.07. The predicted octanol–water partition coefficient (Wildman–Crippen LogP) is 3.30. The quantitative estimate of drug-likeness (QED) is 0.924. The number of benzene rings is 1. The van der Waals surface area contributed by atoms with Crippen molar-refractivity contribution in [3.05, 3.63) is 29.0 Å². The fourth-order valence-electron chi connectivity index (χ4n) is 1.38. The molecule has 0 aliphatic heterocycles. The van der Waals surface area contributed by atoms with E-state index < -0.39 is 12.8 Å². The number of aromatic nitrogens is 2. The maximum Gasteiger partial charge on any atom is 0.411 e. The summed E-state index contributed by atoms with van der Waals surface area (Å²) in [4.78, 5) is 6.89. The van der Waals surface area contributed by atoms with Crippen LogP contribution in [0.3, 0.4) is 0 Å². The second kappa shape index (κ2) is 4.54. The molecule has 0 aliphatic rings. The highest BCUT2D eigenvalue weighted by atomic mass is 35.5. The Bertz CT molecular complexity index is 524. The Morgan fingerprint density at radius 2 is 2.12 bits per heavy atom. The molecule has 0 amide bonds. The summed E-state index contributed by atoms with van der Waals surface area (Å²) in [6, 6.07) is 5.12. The van der Waals surface area contributed by atoms with E-state index in [1.165, 1.54) is 0 Å². The molecule has 0 unspecified atom stereocenters. The smallest absolute Gasteiger partial charge is 0.364 e. The van der Waals surface area contributed by atoms with E-state index >= 15 is 0 Å². The van der Waals surface area contributed by atoms with E-state index in [9.17, 15) is 13.2 Å². The van der Waals surface area contributed by atoms with Crippen LogP contribution < -0.4 is 0 Å². The molecule has 0 bridgehead atoms. The van der Waals surface area contributed by atoms with Crippen LogP contribution in [0, 0.1) is 0 Å². The summed E-state index contributed by atoms with van der Waals surface area (Å²) in [6.45, 7) is -1.53. The average Bonchev–Trinajstić information content (AvgIpc) is 2.60. The molecule has 1 heterocycles. The molecular formula is C10H8ClF3N2O. The maximum absolute atomic E-state index is 11.9. The summed E-state index contributed by atoms with van der Waals surface area (Å²) in [5.41, 5.74) is 1.20. The van der Waals surface area contributed by atoms with Gasteiger partial charge in [-0.15, -0.1) is 0 Å². The van der Waals surface area contributed by atoms with E-state index in [4.69, 9.17) is 11.6 Å². The summed E-state index contributed by atoms with van der Waals surface area (Å²) < 4.78 is 40.0. The third kappa shape index (κ3) is 3.10. The Morgan fingerprint density at radius 1 is 1.35 bits per heavy atom. The summed E-state index contributed by atoms with van der Waals surface area (Å²) in [5, 5.41) is 0.445. The van der Waals surface area contributed by atoms with Crippen LogP contribution in [0.4, 0.5) is 13.2 Å². The van der Waals surface area contributed by atoms with Crippen LogP contribution >= 0.6 is 11.6 Å². The lowest BCUT2D eigenvalue weighted by molar-refractivity contribution is -0.177. The van der Waals surface area contributed by atoms with E-state index in [0.717, 1.165) is 0 Å². The number of hydrogen-bond donors (Lipinski definition) is 1. The van der Waals surface area contributed by atoms with Crippen LogP contribution in [0.15, 0.2) is 18.2 Å². The van der Waals surface area contributed by atoms with Gasteiger partial charge >= 0.3 is 6.18 Å². The van der Waals surface area contributed by atoms with E-state index in [1.54, 1.807) is 18.2 Å². The fraction of sp³-hybridized carbons (Fsp3) is 0.300. The minimum absolute atomic E-state index is 0.232. The van der Waals surface area contributed by atoms with Gasteiger partial charge in [-0.25, -0.2) is 4.98 Å². The molecule has 0 atom stereocenters. The number of nitrogens with zero attached hydrogens (tertiary/aromatic N) is 1. The number of para-hydroxylation sites is 1. The molecular weight excluding hydrogens is 257 g/mol. The van der Waals surface area contributed by atoms with E-state index in [2.05, 4.69) is 14.7 Å². The predicted molar refractivity (Wildman–Crippen MR) is 56.8 cm³/mol. The molecule has 0 aliphatic carbocycles. The molecule has 1 aromatic heterocycles. The molecule has 92 valence electrons. The molecule has 7 heteroatoms. The lowest BCUT2D eigenvalue weighted by Crippen LogP contribution is -2.16. The van der Waals surface area contributed by atoms with Gasteiger partial charge in [-0.3, -0.25) is 0 Å². The van der Waals surface area contributed by atoms with E-state index in [-0.39, 0.29) is 6.61 Å². The lowest BCUT2D eigenvalue weighted by Gasteiger charge is -2.05. The first kappa shape index (κ1) is 12.2. The average molecular weight is 265 g/mol. The minimum Gasteiger partial charge on any atom is -0.364 e. The number of aromatic amines is 1. The summed E-state index contributed by atoms with van der Waals surface area (Å²) >= 11 is 5.87. The van der Waals surface area contributed by atoms with Gasteiger partial charge < -0.3 is 9.72 Å². The number of ether oxygens (including phenoxy) is 1. The van der Waals surface area contributed by atoms with Gasteiger partial charge in [0.05, 0.1) is 10.5 Å². The van der Waals surface area contributed by atoms with Crippen molar-refractivity contribution in [2.45, 2.75) is 12.8 Å². The van der Waals surface area contributed by atoms with Crippen LogP contribution in [0.2, 0.25) is 5.02 Å². The Labute approximate surface area is 99.6 Å². The van der Waals surface area contributed by atoms with E-state index in [1.807, 2.05) is 0 Å². The molecule has 2 rings (SSSR count). The van der Waals surface area contributed by atoms with Crippen molar-refractivity contribution in [3.8, 4) is 0 Å². The highest BCUT2D eigenvalue weighted by molar-refractivity contribution is 6.34. The molecule has 17 heavy (non-hydrogen) atoms. The SMILES string of the molecule is FC(F)(F)COCc1nc2c(Cl)cccc2[nH]1. The third-order valence-corrected chi connectivity index (χ3v) is 2.32. The van der Waals surface area contributed by atoms with Crippen molar-refractivity contribution in [3.63, 3.8) is 0 Å². The van der Waals surface area contributed by atoms with Crippen LogP contribution in [0.5, 0.6) is 0 Å². The Hall–Kier alpha value is -1.27. The first-order valence-corrected chi connectivity index (χ1v) is 5.11. The normalized spacial score (nSPS) is 12.2. The number of fused-ring (bicyclic) bond motifs is 1. The van der Waals surface area contributed by atoms with Crippen molar-refractivity contribution in [1.29, 1.82) is 0 Å². The van der Waals surface area contributed by atoms with Crippen LogP contribution in [-0.4, -0.2) is 22.8 Å². The second-order valence-electron chi connectivity index (χ2n) is 3.43. The fourth-order valence-corrected chi connectivity index (χ4v) is 1.60. The van der Waals surface area contributed by atoms with E-state index in [0.29, 0.717) is 21.9 Å². The van der Waals surface area contributed by atoms with Gasteiger partial charge in [0.25, 0.3) is 0 Å². The number of halogens is 4. The third-order valence-electron chi connectivity index (χ3n) is 2.02. The number of alkyl halides is 3. The van der Waals surface area contributed by atoms with Gasteiger partial charge in [-0.2, -0.15) is 13.2 Å². The Kier molecular flexibility index (Phi) is 3.26. The molecule has 2 aromatic rings. The van der Waals surface area contributed by atoms with Gasteiger partial charge in [0, 0.05) is 0 Å². The van der Waals surface area contributed by atoms with Gasteiger partial charge in [0.1, 0.15) is 24.6 Å². The summed E-state index contributed by atoms with van der Waals surface area (Å²) in [6.07, 6.45) is -4.33. The van der Waals surface area contributed by atoms with Gasteiger partial charge in [0.2, 0.25) is 0 Å². The summed E-state index contributed by atoms with van der Waals surface area (Å²) in [5.74, 6) is 0.317. The van der Waals surface area contributed by atoms with Crippen LogP contribution in [-0.2, 0) is 11.3 Å². The van der Waals surface area contributed by atoms with Crippen molar-refractivity contribution >= 4 is 22.6 Å². The lowest BCUT2D eigenvalue weighted by atomic mass is 10.3. The number of hydrogen-bond acceptors (Lipinski definition) is 2. The van der Waals surface area contributed by atoms with Gasteiger partial charge in [-0.1, -0.05) is 17.7 Å². The number of rotatable bonds is 3. The number of H-pyrrole nitrogens is 1. The highest BCUT2D eigenvalue weighted by Gasteiger charge is 2.27. The molecule has 0 saturated heterocycles. The standard InChI is InChI=1S/C10H8ClF3N2O/c11-6-2-1-3-7-9(6)16-8(15-7)4-17-5-10(12,13)14/h1-3H,4-5H2,(H,15,16). The number of imidazole rings is 1. The zero-order chi connectivity index (χ0) is 12.5. The Morgan fingerprint density at radius 3 is 2.76 bits per heavy atom. The topological polar surface area (TPSA) is 37.9 Å². The van der Waals surface area contributed by atoms with Gasteiger partial charge in [0.15, 0.2) is 0 Å². The maximum atomic E-state index is 11.9. The molecule has 0 spiro atoms. The minimum atomic E-state index is -4.33. The van der Waals surface area contributed by atoms with Crippen molar-refractivity contribution in [1.82, 2.24) is 9.97 Å². The molecule has 1 aromatic carbocycles. The molecule has 3 nitrogen and oxygen atoms in total. The zero-order valence-corrected chi connectivity index (χ0v) is 9.27. The van der Waals surface area contributed by atoms with Crippen molar-refractivity contribution in [2.75, 3.05) is 6.61 Å². The van der Waals surface area contributed by atoms with Crippen molar-refractivity contribution < 1.29 is 17.9 Å². The molecule has 0 saturated carbocycles. The summed E-state index contributed by atoms with van der Waals surface area (Å²) in [7, 11) is 0. The highest BCUT2D eigenvalue weighted by Crippen LogP contribution is 2.21. The first-order valence-electron chi connectivity index (χ1n) is 4.73. The molecule has 0 radical (unpaired) electrons.